The van der Waals surface area contributed by atoms with Crippen LogP contribution in [0.4, 0.5) is 0 Å². The largest absolute Gasteiger partial charge is 2.00 e. The molecular formula is C8H34B4BaN2O2. The Balaban J connectivity index is -0.0000000729. The van der Waals surface area contributed by atoms with Crippen LogP contribution in [0.5, 0.6) is 0 Å². The minimum Gasteiger partial charge on any atom is -0.741 e. The first-order chi connectivity index (χ1) is 6.91. The Labute approximate surface area is 153 Å². The van der Waals surface area contributed by atoms with Gasteiger partial charge in [-0.1, -0.05) is 0 Å². The number of hydrogen-bond donors (Lipinski definition) is 0. The summed E-state index contributed by atoms with van der Waals surface area (Å²) in [6.45, 7) is 1.38. The second-order valence-electron chi connectivity index (χ2n) is 1.88. The molecule has 0 aliphatic rings. The molecule has 0 rings (SSSR count). The molecule has 0 atom stereocenters. The smallest absolute Gasteiger partial charge is 0.741 e. The average Bonchev–Trinajstić information content (AvgIpc) is 1.94. The van der Waals surface area contributed by atoms with Gasteiger partial charge in [-0.2, -0.15) is 0 Å². The third-order valence-corrected chi connectivity index (χ3v) is 0.492. The number of rotatable bonds is 3. The van der Waals surface area contributed by atoms with Crippen LogP contribution in [0.15, 0.2) is 0 Å². The molecule has 0 aromatic carbocycles. The van der Waals surface area contributed by atoms with E-state index in [1.807, 2.05) is 0 Å². The molecule has 0 heterocycles. The number of ether oxygens (including phenoxy) is 2. The summed E-state index contributed by atoms with van der Waals surface area (Å²) in [6.07, 6.45) is 0. The molecule has 17 heavy (non-hydrogen) atoms. The van der Waals surface area contributed by atoms with E-state index < -0.39 is 0 Å². The molecular weight excluding hydrogens is 337 g/mol. The Morgan fingerprint density at radius 3 is 0.882 bits per heavy atom. The fourth-order valence-electron chi connectivity index (χ4n) is 0.167. The van der Waals surface area contributed by atoms with Crippen LogP contribution in [0.2, 0.25) is 0 Å². The van der Waals surface area contributed by atoms with Crippen LogP contribution in [0, 0.1) is 0 Å². The maximum atomic E-state index is 4.66. The van der Waals surface area contributed by atoms with Crippen LogP contribution in [0.25, 0.3) is 0 Å². The maximum absolute atomic E-state index is 4.66. The summed E-state index contributed by atoms with van der Waals surface area (Å²) < 4.78 is 12.3. The minimum absolute atomic E-state index is 0. The zero-order chi connectivity index (χ0) is 13.8. The molecule has 0 unspecified atom stereocenters. The van der Waals surface area contributed by atoms with Crippen molar-refractivity contribution in [3.8, 4) is 0 Å². The Kier molecular flexibility index (Phi) is 25.1. The summed E-state index contributed by atoms with van der Waals surface area (Å²) in [6, 6.07) is 0. The summed E-state index contributed by atoms with van der Waals surface area (Å²) in [5.41, 5.74) is 0. The van der Waals surface area contributed by atoms with Gasteiger partial charge in [-0.25, -0.2) is 0 Å². The summed E-state index contributed by atoms with van der Waals surface area (Å²) in [5.74, 6) is 0. The molecule has 0 fully saturated rings. The molecule has 0 bridgehead atoms. The van der Waals surface area contributed by atoms with Crippen molar-refractivity contribution in [1.29, 1.82) is 0 Å². The SMILES string of the molecule is COCCOC.[BH3-][N+]([BH3-])(C)C.[BH3-][N+]([BH3-])(C)C.[Ba+2]. The van der Waals surface area contributed by atoms with E-state index in [0.29, 0.717) is 45.1 Å². The Morgan fingerprint density at radius 1 is 0.706 bits per heavy atom. The van der Waals surface area contributed by atoms with Gasteiger partial charge in [-0.05, 0) is 28.2 Å². The summed E-state index contributed by atoms with van der Waals surface area (Å²) in [7, 11) is 15.3. The van der Waals surface area contributed by atoms with E-state index in [1.165, 1.54) is 8.61 Å². The number of hydrogen-bond acceptors (Lipinski definition) is 2. The van der Waals surface area contributed by atoms with Gasteiger partial charge in [-0.3, -0.25) is 0 Å². The van der Waals surface area contributed by atoms with Gasteiger partial charge in [0.25, 0.3) is 0 Å². The standard InChI is InChI=1S/C4H10O2.2C2H12B2N.Ba/c1-5-3-4-6-2;2*1-5(2,3)4;/h3-4H2,1-2H3;2*1-4H3;/q;2*-1;+2. The summed E-state index contributed by atoms with van der Waals surface area (Å²) >= 11 is 0. The molecule has 0 radical (unpaired) electrons. The molecule has 0 saturated heterocycles. The number of nitrogens with zero attached hydrogens (tertiary/aromatic N) is 2. The van der Waals surface area contributed by atoms with E-state index in [-0.39, 0.29) is 48.9 Å². The van der Waals surface area contributed by atoms with Crippen molar-refractivity contribution in [2.45, 2.75) is 0 Å². The zero-order valence-electron chi connectivity index (χ0n) is 9.83. The maximum Gasteiger partial charge on any atom is 2.00 e. The van der Waals surface area contributed by atoms with Crippen molar-refractivity contribution in [1.82, 2.24) is 0 Å². The van der Waals surface area contributed by atoms with Crippen molar-refractivity contribution < 1.29 is 18.1 Å². The van der Waals surface area contributed by atoms with Crippen molar-refractivity contribution in [3.05, 3.63) is 0 Å². The normalized spacial score (nSPS) is 10.2. The first-order valence-electron chi connectivity index (χ1n) is 3.68. The average molecular weight is 371 g/mol. The van der Waals surface area contributed by atoms with E-state index in [2.05, 4.69) is 37.7 Å². The molecule has 0 aliphatic carbocycles. The second kappa shape index (κ2) is 15.7. The molecule has 0 saturated carbocycles. The van der Waals surface area contributed by atoms with Gasteiger partial charge in [0.05, 0.1) is 13.2 Å². The van der Waals surface area contributed by atoms with Gasteiger partial charge in [0.15, 0.2) is 0 Å². The molecule has 0 aromatic rings. The van der Waals surface area contributed by atoms with Gasteiger partial charge in [0, 0.05) is 14.2 Å². The van der Waals surface area contributed by atoms with Crippen molar-refractivity contribution in [2.75, 3.05) is 55.6 Å². The number of quaternary nitrogens is 2. The van der Waals surface area contributed by atoms with Crippen LogP contribution in [0.3, 0.4) is 0 Å². The molecule has 9 heteroatoms. The van der Waals surface area contributed by atoms with E-state index >= 15 is 0 Å². The third kappa shape index (κ3) is 199. The van der Waals surface area contributed by atoms with E-state index in [1.54, 1.807) is 14.2 Å². The van der Waals surface area contributed by atoms with E-state index in [0.717, 1.165) is 0 Å². The fraction of sp³-hybridized carbons (Fsp3) is 1.00. The first kappa shape index (κ1) is 27.1. The van der Waals surface area contributed by atoms with Gasteiger partial charge in [0.2, 0.25) is 0 Å². The Bertz CT molecular complexity index is 114. The molecule has 0 aliphatic heterocycles. The molecule has 0 amide bonds. The molecule has 102 valence electrons. The summed E-state index contributed by atoms with van der Waals surface area (Å²) in [4.78, 5) is 0. The number of methoxy groups -OCH3 is 2. The predicted octanol–water partition coefficient (Wildman–Crippen LogP) is -4.85. The van der Waals surface area contributed by atoms with Crippen molar-refractivity contribution in [2.24, 2.45) is 0 Å². The first-order valence-corrected chi connectivity index (χ1v) is 3.68. The van der Waals surface area contributed by atoms with Crippen LogP contribution < -0.4 is 0 Å². The van der Waals surface area contributed by atoms with Crippen LogP contribution in [0.1, 0.15) is 0 Å². The van der Waals surface area contributed by atoms with Crippen molar-refractivity contribution >= 4 is 80.8 Å². The Hall–Kier alpha value is 1.67. The third-order valence-electron chi connectivity index (χ3n) is 0.492. The molecule has 0 aromatic heterocycles. The molecule has 0 spiro atoms. The summed E-state index contributed by atoms with van der Waals surface area (Å²) in [5, 5.41) is 0. The predicted molar refractivity (Wildman–Crippen MR) is 93.5 cm³/mol. The van der Waals surface area contributed by atoms with E-state index in [9.17, 15) is 0 Å². The van der Waals surface area contributed by atoms with Crippen LogP contribution in [-0.4, -0.2) is 145 Å². The topological polar surface area (TPSA) is 18.5 Å². The van der Waals surface area contributed by atoms with Gasteiger partial charge in [-0.15, -0.1) is 0 Å². The van der Waals surface area contributed by atoms with E-state index in [4.69, 9.17) is 0 Å². The monoisotopic (exact) mass is 372 g/mol. The minimum atomic E-state index is 0. The van der Waals surface area contributed by atoms with Gasteiger partial charge < -0.3 is 18.1 Å². The molecule has 0 N–H and O–H groups in total. The van der Waals surface area contributed by atoms with Gasteiger partial charge in [0.1, 0.15) is 31.9 Å². The Morgan fingerprint density at radius 2 is 0.824 bits per heavy atom. The van der Waals surface area contributed by atoms with Crippen LogP contribution >= 0.6 is 0 Å². The van der Waals surface area contributed by atoms with Crippen molar-refractivity contribution in [3.63, 3.8) is 0 Å². The second-order valence-corrected chi connectivity index (χ2v) is 1.88. The van der Waals surface area contributed by atoms with Crippen LogP contribution in [-0.2, 0) is 9.47 Å². The zero-order valence-corrected chi connectivity index (χ0v) is 14.3. The fourth-order valence-corrected chi connectivity index (χ4v) is 0.167. The quantitative estimate of drug-likeness (QED) is 0.366. The molecule has 4 nitrogen and oxygen atoms in total. The van der Waals surface area contributed by atoms with Gasteiger partial charge >= 0.3 is 48.9 Å².